The summed E-state index contributed by atoms with van der Waals surface area (Å²) in [7, 11) is 0. The second-order valence-corrected chi connectivity index (χ2v) is 6.85. The number of rotatable bonds is 3. The molecule has 116 valence electrons. The molecule has 2 nitrogen and oxygen atoms in total. The molecule has 2 heteroatoms. The molecule has 1 aromatic carbocycles. The minimum absolute atomic E-state index is 0.720. The van der Waals surface area contributed by atoms with Crippen LogP contribution in [0, 0.1) is 5.92 Å². The number of anilines is 1. The van der Waals surface area contributed by atoms with Gasteiger partial charge in [-0.2, -0.15) is 0 Å². The summed E-state index contributed by atoms with van der Waals surface area (Å²) in [5, 5.41) is 3.69. The molecule has 2 heterocycles. The lowest BCUT2D eigenvalue weighted by Gasteiger charge is -2.30. The zero-order valence-electron chi connectivity index (χ0n) is 13.5. The molecule has 1 N–H and O–H groups in total. The van der Waals surface area contributed by atoms with Gasteiger partial charge >= 0.3 is 0 Å². The van der Waals surface area contributed by atoms with Gasteiger partial charge in [-0.05, 0) is 62.7 Å². The zero-order chi connectivity index (χ0) is 14.5. The Balaban J connectivity index is 1.58. The zero-order valence-corrected chi connectivity index (χ0v) is 13.5. The van der Waals surface area contributed by atoms with Gasteiger partial charge < -0.3 is 5.32 Å². The summed E-state index contributed by atoms with van der Waals surface area (Å²) in [6, 6.07) is 9.55. The molecule has 3 rings (SSSR count). The van der Waals surface area contributed by atoms with E-state index in [0.717, 1.165) is 18.5 Å². The molecule has 0 radical (unpaired) electrons. The lowest BCUT2D eigenvalue weighted by molar-refractivity contribution is 0.200. The number of nitrogens with zero attached hydrogens (tertiary/aromatic N) is 1. The molecule has 1 saturated heterocycles. The average Bonchev–Trinajstić information content (AvgIpc) is 2.86. The SMILES string of the molecule is CCCC1CCCN(C2CCc3ccccc3NC2)CC1. The van der Waals surface area contributed by atoms with Crippen molar-refractivity contribution in [3.8, 4) is 0 Å². The Morgan fingerprint density at radius 2 is 2.05 bits per heavy atom. The van der Waals surface area contributed by atoms with Crippen molar-refractivity contribution in [2.45, 2.75) is 57.9 Å². The lowest BCUT2D eigenvalue weighted by Crippen LogP contribution is -2.40. The Morgan fingerprint density at radius 3 is 2.95 bits per heavy atom. The summed E-state index contributed by atoms with van der Waals surface area (Å²) in [4.78, 5) is 2.77. The molecule has 0 aromatic heterocycles. The first-order valence-corrected chi connectivity index (χ1v) is 8.92. The predicted octanol–water partition coefficient (Wildman–Crippen LogP) is 4.32. The first-order chi connectivity index (χ1) is 10.4. The first-order valence-electron chi connectivity index (χ1n) is 8.92. The van der Waals surface area contributed by atoms with Crippen LogP contribution in [0.4, 0.5) is 5.69 Å². The van der Waals surface area contributed by atoms with Gasteiger partial charge in [0.25, 0.3) is 0 Å². The van der Waals surface area contributed by atoms with Gasteiger partial charge in [0.1, 0.15) is 0 Å². The van der Waals surface area contributed by atoms with Crippen molar-refractivity contribution >= 4 is 5.69 Å². The van der Waals surface area contributed by atoms with Gasteiger partial charge in [-0.3, -0.25) is 4.90 Å². The first kappa shape index (κ1) is 14.9. The van der Waals surface area contributed by atoms with Crippen LogP contribution in [0.5, 0.6) is 0 Å². The van der Waals surface area contributed by atoms with Gasteiger partial charge in [-0.15, -0.1) is 0 Å². The van der Waals surface area contributed by atoms with Crippen LogP contribution < -0.4 is 5.32 Å². The number of benzene rings is 1. The highest BCUT2D eigenvalue weighted by atomic mass is 15.2. The van der Waals surface area contributed by atoms with Crippen LogP contribution in [0.2, 0.25) is 0 Å². The molecule has 0 spiro atoms. The molecule has 2 atom stereocenters. The maximum absolute atomic E-state index is 3.69. The van der Waals surface area contributed by atoms with E-state index in [4.69, 9.17) is 0 Å². The maximum Gasteiger partial charge on any atom is 0.0373 e. The molecular formula is C19H30N2. The molecular weight excluding hydrogens is 256 g/mol. The third kappa shape index (κ3) is 3.79. The van der Waals surface area contributed by atoms with Crippen molar-refractivity contribution in [1.82, 2.24) is 4.90 Å². The lowest BCUT2D eigenvalue weighted by atomic mass is 9.96. The monoisotopic (exact) mass is 286 g/mol. The van der Waals surface area contributed by atoms with Gasteiger partial charge in [0, 0.05) is 18.3 Å². The number of nitrogens with one attached hydrogen (secondary N) is 1. The van der Waals surface area contributed by atoms with Crippen LogP contribution >= 0.6 is 0 Å². The Kier molecular flexibility index (Phi) is 5.18. The Bertz CT molecular complexity index is 416. The van der Waals surface area contributed by atoms with Crippen molar-refractivity contribution in [2.75, 3.05) is 25.0 Å². The topological polar surface area (TPSA) is 15.3 Å². The second-order valence-electron chi connectivity index (χ2n) is 6.85. The summed E-state index contributed by atoms with van der Waals surface area (Å²) < 4.78 is 0. The van der Waals surface area contributed by atoms with E-state index in [2.05, 4.69) is 41.4 Å². The summed E-state index contributed by atoms with van der Waals surface area (Å²) in [5.41, 5.74) is 2.86. The van der Waals surface area contributed by atoms with E-state index >= 15 is 0 Å². The van der Waals surface area contributed by atoms with Crippen LogP contribution in [0.1, 0.15) is 51.0 Å². The van der Waals surface area contributed by atoms with Crippen LogP contribution in [0.3, 0.4) is 0 Å². The molecule has 2 aliphatic rings. The van der Waals surface area contributed by atoms with Crippen LogP contribution in [-0.2, 0) is 6.42 Å². The minimum atomic E-state index is 0.720. The van der Waals surface area contributed by atoms with E-state index in [1.807, 2.05) is 0 Å². The fourth-order valence-corrected chi connectivity index (χ4v) is 4.12. The Hall–Kier alpha value is -1.02. The van der Waals surface area contributed by atoms with Gasteiger partial charge in [-0.25, -0.2) is 0 Å². The molecule has 2 aliphatic heterocycles. The average molecular weight is 286 g/mol. The quantitative estimate of drug-likeness (QED) is 0.890. The van der Waals surface area contributed by atoms with Gasteiger partial charge in [0.15, 0.2) is 0 Å². The van der Waals surface area contributed by atoms with E-state index in [-0.39, 0.29) is 0 Å². The molecule has 1 aromatic rings. The van der Waals surface area contributed by atoms with Gasteiger partial charge in [-0.1, -0.05) is 38.0 Å². The van der Waals surface area contributed by atoms with Crippen molar-refractivity contribution < 1.29 is 0 Å². The number of hydrogen-bond donors (Lipinski definition) is 1. The highest BCUT2D eigenvalue weighted by molar-refractivity contribution is 5.52. The molecule has 1 fully saturated rings. The van der Waals surface area contributed by atoms with E-state index in [1.54, 1.807) is 0 Å². The Morgan fingerprint density at radius 1 is 1.14 bits per heavy atom. The molecule has 0 saturated carbocycles. The summed E-state index contributed by atoms with van der Waals surface area (Å²) in [6.07, 6.45) is 9.58. The molecule has 2 unspecified atom stereocenters. The highest BCUT2D eigenvalue weighted by Crippen LogP contribution is 2.27. The summed E-state index contributed by atoms with van der Waals surface area (Å²) in [5.74, 6) is 0.982. The summed E-state index contributed by atoms with van der Waals surface area (Å²) >= 11 is 0. The normalized spacial score (nSPS) is 27.3. The minimum Gasteiger partial charge on any atom is -0.383 e. The van der Waals surface area contributed by atoms with Gasteiger partial charge in [0.2, 0.25) is 0 Å². The van der Waals surface area contributed by atoms with Crippen LogP contribution in [0.15, 0.2) is 24.3 Å². The second kappa shape index (κ2) is 7.31. The largest absolute Gasteiger partial charge is 0.383 e. The van der Waals surface area contributed by atoms with E-state index in [9.17, 15) is 0 Å². The third-order valence-electron chi connectivity index (χ3n) is 5.39. The molecule has 0 bridgehead atoms. The smallest absolute Gasteiger partial charge is 0.0373 e. The molecule has 0 aliphatic carbocycles. The predicted molar refractivity (Wildman–Crippen MR) is 90.9 cm³/mol. The van der Waals surface area contributed by atoms with E-state index in [0.29, 0.717) is 0 Å². The van der Waals surface area contributed by atoms with Crippen molar-refractivity contribution in [3.63, 3.8) is 0 Å². The number of hydrogen-bond acceptors (Lipinski definition) is 2. The van der Waals surface area contributed by atoms with Gasteiger partial charge in [0.05, 0.1) is 0 Å². The standard InChI is InChI=1S/C19H30N2/c1-2-6-16-7-5-13-21(14-12-16)18-11-10-17-8-3-4-9-19(17)20-15-18/h3-4,8-9,16,18,20H,2,5-7,10-15H2,1H3. The van der Waals surface area contributed by atoms with Crippen molar-refractivity contribution in [2.24, 2.45) is 5.92 Å². The molecule has 0 amide bonds. The number of aryl methyl sites for hydroxylation is 1. The van der Waals surface area contributed by atoms with E-state index in [1.165, 1.54) is 69.3 Å². The van der Waals surface area contributed by atoms with E-state index < -0.39 is 0 Å². The number of para-hydroxylation sites is 1. The maximum atomic E-state index is 3.69. The molecule has 21 heavy (non-hydrogen) atoms. The third-order valence-corrected chi connectivity index (χ3v) is 5.39. The highest BCUT2D eigenvalue weighted by Gasteiger charge is 2.24. The number of fused-ring (bicyclic) bond motifs is 1. The fourth-order valence-electron chi connectivity index (χ4n) is 4.12. The Labute approximate surface area is 129 Å². The van der Waals surface area contributed by atoms with Crippen molar-refractivity contribution in [3.05, 3.63) is 29.8 Å². The number of likely N-dealkylation sites (tertiary alicyclic amines) is 1. The summed E-state index contributed by atoms with van der Waals surface area (Å²) in [6.45, 7) is 6.07. The van der Waals surface area contributed by atoms with Crippen LogP contribution in [0.25, 0.3) is 0 Å². The van der Waals surface area contributed by atoms with Crippen LogP contribution in [-0.4, -0.2) is 30.6 Å². The van der Waals surface area contributed by atoms with Crippen molar-refractivity contribution in [1.29, 1.82) is 0 Å². The fraction of sp³-hybridized carbons (Fsp3) is 0.684.